The number of aromatic nitrogens is 1. The third kappa shape index (κ3) is 2.55. The van der Waals surface area contributed by atoms with Gasteiger partial charge < -0.3 is 9.52 Å². The lowest BCUT2D eigenvalue weighted by Gasteiger charge is -1.99. The van der Waals surface area contributed by atoms with Crippen LogP contribution in [0, 0.1) is 0 Å². The minimum absolute atomic E-state index is 0.00185. The number of hydrogen-bond donors (Lipinski definition) is 1. The van der Waals surface area contributed by atoms with Crippen LogP contribution in [0.5, 0.6) is 0 Å². The van der Waals surface area contributed by atoms with E-state index in [9.17, 15) is 13.2 Å². The summed E-state index contributed by atoms with van der Waals surface area (Å²) in [7, 11) is -3.03. The van der Waals surface area contributed by atoms with Crippen molar-refractivity contribution >= 4 is 15.8 Å². The predicted molar refractivity (Wildman–Crippen MR) is 63.5 cm³/mol. The highest BCUT2D eigenvalue weighted by Crippen LogP contribution is 2.29. The largest absolute Gasteiger partial charge is 0.475 e. The lowest BCUT2D eigenvalue weighted by Crippen LogP contribution is -2.04. The number of nitrogens with zero attached hydrogens (tertiary/aromatic N) is 1. The fourth-order valence-corrected chi connectivity index (χ4v) is 3.84. The van der Waals surface area contributed by atoms with Gasteiger partial charge in [-0.15, -0.1) is 0 Å². The number of carbonyl (C=O) groups is 1. The van der Waals surface area contributed by atoms with Gasteiger partial charge >= 0.3 is 5.97 Å². The van der Waals surface area contributed by atoms with Crippen LogP contribution in [0.2, 0.25) is 0 Å². The first-order valence-corrected chi connectivity index (χ1v) is 7.68. The van der Waals surface area contributed by atoms with Crippen molar-refractivity contribution in [2.45, 2.75) is 32.1 Å². The Morgan fingerprint density at radius 1 is 1.56 bits per heavy atom. The van der Waals surface area contributed by atoms with Crippen LogP contribution in [0.1, 0.15) is 47.8 Å². The van der Waals surface area contributed by atoms with Crippen LogP contribution in [-0.2, 0) is 16.3 Å². The van der Waals surface area contributed by atoms with Crippen LogP contribution in [0.15, 0.2) is 4.42 Å². The number of carboxylic acid groups (broad SMARTS) is 1. The molecule has 18 heavy (non-hydrogen) atoms. The van der Waals surface area contributed by atoms with Gasteiger partial charge in [0.2, 0.25) is 5.76 Å². The van der Waals surface area contributed by atoms with Gasteiger partial charge in [0.15, 0.2) is 15.7 Å². The molecule has 0 radical (unpaired) electrons. The van der Waals surface area contributed by atoms with Crippen LogP contribution >= 0.6 is 0 Å². The summed E-state index contributed by atoms with van der Waals surface area (Å²) in [5, 5.41) is 9.00. The monoisotopic (exact) mass is 273 g/mol. The molecule has 6 nitrogen and oxygen atoms in total. The summed E-state index contributed by atoms with van der Waals surface area (Å²) >= 11 is 0. The van der Waals surface area contributed by atoms with E-state index < -0.39 is 15.8 Å². The topological polar surface area (TPSA) is 97.5 Å². The van der Waals surface area contributed by atoms with Crippen molar-refractivity contribution in [3.63, 3.8) is 0 Å². The maximum Gasteiger partial charge on any atom is 0.373 e. The van der Waals surface area contributed by atoms with Gasteiger partial charge in [0.25, 0.3) is 0 Å². The maximum atomic E-state index is 11.4. The fraction of sp³-hybridized carbons (Fsp3) is 0.636. The van der Waals surface area contributed by atoms with Crippen molar-refractivity contribution in [2.24, 2.45) is 0 Å². The van der Waals surface area contributed by atoms with Crippen LogP contribution < -0.4 is 0 Å². The summed E-state index contributed by atoms with van der Waals surface area (Å²) in [5.74, 6) is -1.26. The van der Waals surface area contributed by atoms with Crippen molar-refractivity contribution in [3.05, 3.63) is 17.3 Å². The summed E-state index contributed by atoms with van der Waals surface area (Å²) in [6.45, 7) is 1.92. The number of sulfone groups is 1. The summed E-state index contributed by atoms with van der Waals surface area (Å²) in [6.07, 6.45) is 1.73. The van der Waals surface area contributed by atoms with E-state index in [0.29, 0.717) is 18.5 Å². The van der Waals surface area contributed by atoms with E-state index in [1.165, 1.54) is 0 Å². The van der Waals surface area contributed by atoms with Crippen LogP contribution in [-0.4, -0.2) is 36.0 Å². The third-order valence-electron chi connectivity index (χ3n) is 2.98. The summed E-state index contributed by atoms with van der Waals surface area (Å²) < 4.78 is 28.0. The van der Waals surface area contributed by atoms with Crippen molar-refractivity contribution in [1.82, 2.24) is 4.98 Å². The second-order valence-electron chi connectivity index (χ2n) is 4.48. The molecule has 0 bridgehead atoms. The second-order valence-corrected chi connectivity index (χ2v) is 6.71. The average molecular weight is 273 g/mol. The highest BCUT2D eigenvalue weighted by molar-refractivity contribution is 7.91. The second kappa shape index (κ2) is 4.72. The number of carboxylic acids is 1. The Morgan fingerprint density at radius 3 is 2.78 bits per heavy atom. The van der Waals surface area contributed by atoms with Gasteiger partial charge in [0, 0.05) is 0 Å². The molecule has 1 aromatic rings. The number of oxazole rings is 1. The molecular weight excluding hydrogens is 258 g/mol. The number of aromatic carboxylic acids is 1. The van der Waals surface area contributed by atoms with Gasteiger partial charge in [-0.1, -0.05) is 13.3 Å². The summed E-state index contributed by atoms with van der Waals surface area (Å²) in [4.78, 5) is 15.2. The molecule has 1 fully saturated rings. The smallest absolute Gasteiger partial charge is 0.373 e. The molecule has 0 amide bonds. The Labute approximate surface area is 105 Å². The fourth-order valence-electron chi connectivity index (χ4n) is 2.11. The predicted octanol–water partition coefficient (Wildman–Crippen LogP) is 1.23. The van der Waals surface area contributed by atoms with E-state index >= 15 is 0 Å². The molecule has 1 aromatic heterocycles. The normalized spacial score (nSPS) is 22.2. The molecule has 1 aliphatic heterocycles. The number of aryl methyl sites for hydroxylation is 1. The zero-order valence-electron chi connectivity index (χ0n) is 10.0. The highest BCUT2D eigenvalue weighted by atomic mass is 32.2. The number of rotatable bonds is 4. The molecule has 1 N–H and O–H groups in total. The van der Waals surface area contributed by atoms with Gasteiger partial charge in [-0.2, -0.15) is 0 Å². The van der Waals surface area contributed by atoms with Gasteiger partial charge in [0.05, 0.1) is 23.1 Å². The highest BCUT2D eigenvalue weighted by Gasteiger charge is 2.33. The lowest BCUT2D eigenvalue weighted by atomic mass is 10.1. The van der Waals surface area contributed by atoms with Crippen LogP contribution in [0.25, 0.3) is 0 Å². The van der Waals surface area contributed by atoms with E-state index in [2.05, 4.69) is 4.98 Å². The van der Waals surface area contributed by atoms with Gasteiger partial charge in [-0.25, -0.2) is 18.2 Å². The standard InChI is InChI=1S/C11H15NO5S/c1-2-3-8-9(11(13)14)17-10(12-8)7-4-5-18(15,16)6-7/h7H,2-6H2,1H3,(H,13,14). The maximum absolute atomic E-state index is 11.4. The average Bonchev–Trinajstić information content (AvgIpc) is 2.82. The Kier molecular flexibility index (Phi) is 3.43. The first kappa shape index (κ1) is 13.1. The molecule has 1 saturated heterocycles. The Hall–Kier alpha value is -1.37. The summed E-state index contributed by atoms with van der Waals surface area (Å²) in [5.41, 5.74) is 0.407. The first-order chi connectivity index (χ1) is 8.43. The molecule has 0 aliphatic carbocycles. The molecular formula is C11H15NO5S. The van der Waals surface area contributed by atoms with E-state index in [1.54, 1.807) is 0 Å². The lowest BCUT2D eigenvalue weighted by molar-refractivity contribution is 0.0658. The Bertz CT molecular complexity index is 560. The molecule has 0 saturated carbocycles. The third-order valence-corrected chi connectivity index (χ3v) is 4.74. The van der Waals surface area contributed by atoms with Crippen molar-refractivity contribution in [1.29, 1.82) is 0 Å². The van der Waals surface area contributed by atoms with Crippen molar-refractivity contribution in [3.8, 4) is 0 Å². The molecule has 2 heterocycles. The number of hydrogen-bond acceptors (Lipinski definition) is 5. The van der Waals surface area contributed by atoms with Gasteiger partial charge in [-0.05, 0) is 12.8 Å². The molecule has 2 rings (SSSR count). The van der Waals surface area contributed by atoms with Crippen molar-refractivity contribution in [2.75, 3.05) is 11.5 Å². The van der Waals surface area contributed by atoms with Gasteiger partial charge in [0.1, 0.15) is 0 Å². The SMILES string of the molecule is CCCc1nc(C2CCS(=O)(=O)C2)oc1C(=O)O. The van der Waals surface area contributed by atoms with E-state index in [4.69, 9.17) is 9.52 Å². The molecule has 1 atom stereocenters. The summed E-state index contributed by atoms with van der Waals surface area (Å²) in [6, 6.07) is 0. The molecule has 0 spiro atoms. The zero-order chi connectivity index (χ0) is 13.3. The van der Waals surface area contributed by atoms with E-state index in [1.807, 2.05) is 6.92 Å². The van der Waals surface area contributed by atoms with Crippen LogP contribution in [0.4, 0.5) is 0 Å². The Balaban J connectivity index is 2.30. The molecule has 0 aromatic carbocycles. The van der Waals surface area contributed by atoms with Crippen molar-refractivity contribution < 1.29 is 22.7 Å². The molecule has 100 valence electrons. The molecule has 1 unspecified atom stereocenters. The zero-order valence-corrected chi connectivity index (χ0v) is 10.9. The minimum atomic E-state index is -3.03. The van der Waals surface area contributed by atoms with E-state index in [-0.39, 0.29) is 29.1 Å². The quantitative estimate of drug-likeness (QED) is 0.886. The minimum Gasteiger partial charge on any atom is -0.475 e. The molecule has 1 aliphatic rings. The molecule has 7 heteroatoms. The van der Waals surface area contributed by atoms with Crippen LogP contribution in [0.3, 0.4) is 0 Å². The van der Waals surface area contributed by atoms with Gasteiger partial charge in [-0.3, -0.25) is 0 Å². The first-order valence-electron chi connectivity index (χ1n) is 5.86. The van der Waals surface area contributed by atoms with E-state index in [0.717, 1.165) is 6.42 Å². The Morgan fingerprint density at radius 2 is 2.28 bits per heavy atom.